The van der Waals surface area contributed by atoms with Gasteiger partial charge in [-0.25, -0.2) is 4.79 Å². The van der Waals surface area contributed by atoms with Gasteiger partial charge in [-0.05, 0) is 46.4 Å². The van der Waals surface area contributed by atoms with E-state index in [0.29, 0.717) is 16.9 Å². The fourth-order valence-electron chi connectivity index (χ4n) is 3.41. The summed E-state index contributed by atoms with van der Waals surface area (Å²) in [5.74, 6) is 0.304. The van der Waals surface area contributed by atoms with Gasteiger partial charge in [0.2, 0.25) is 0 Å². The molecule has 0 bridgehead atoms. The summed E-state index contributed by atoms with van der Waals surface area (Å²) in [5, 5.41) is 0. The lowest BCUT2D eigenvalue weighted by Gasteiger charge is -2.48. The maximum Gasteiger partial charge on any atom is 0.337 e. The van der Waals surface area contributed by atoms with Crippen LogP contribution in [0, 0.1) is 16.7 Å². The van der Waals surface area contributed by atoms with Crippen LogP contribution in [-0.2, 0) is 4.74 Å². The molecule has 2 nitrogen and oxygen atoms in total. The Hall–Kier alpha value is -1.57. The van der Waals surface area contributed by atoms with Crippen molar-refractivity contribution in [1.82, 2.24) is 0 Å². The van der Waals surface area contributed by atoms with E-state index in [1.54, 1.807) is 0 Å². The molecule has 2 heteroatoms. The lowest BCUT2D eigenvalue weighted by Crippen LogP contribution is -2.38. The number of ether oxygens (including phenoxy) is 1. The van der Waals surface area contributed by atoms with Crippen molar-refractivity contribution in [1.29, 1.82) is 0 Å². The number of methoxy groups -OCH3 is 1. The number of carbonyl (C=O) groups excluding carboxylic acids is 1. The van der Waals surface area contributed by atoms with E-state index in [-0.39, 0.29) is 11.4 Å². The molecular formula is C19H26O2. The van der Waals surface area contributed by atoms with Crippen LogP contribution in [0.15, 0.2) is 30.3 Å². The molecular weight excluding hydrogens is 260 g/mol. The molecule has 21 heavy (non-hydrogen) atoms. The summed E-state index contributed by atoms with van der Waals surface area (Å²) in [7, 11) is 1.41. The summed E-state index contributed by atoms with van der Waals surface area (Å²) in [6.45, 7) is 11.7. The predicted octanol–water partition coefficient (Wildman–Crippen LogP) is 4.95. The van der Waals surface area contributed by atoms with Crippen molar-refractivity contribution in [3.05, 3.63) is 41.5 Å². The lowest BCUT2D eigenvalue weighted by atomic mass is 9.57. The first kappa shape index (κ1) is 15.8. The van der Waals surface area contributed by atoms with Gasteiger partial charge in [-0.15, -0.1) is 0 Å². The highest BCUT2D eigenvalue weighted by Crippen LogP contribution is 2.53. The van der Waals surface area contributed by atoms with Crippen LogP contribution in [0.4, 0.5) is 0 Å². The van der Waals surface area contributed by atoms with Crippen molar-refractivity contribution in [3.8, 4) is 0 Å². The number of hydrogen-bond acceptors (Lipinski definition) is 2. The second-order valence-corrected chi connectivity index (χ2v) is 7.32. The average molecular weight is 286 g/mol. The van der Waals surface area contributed by atoms with Gasteiger partial charge in [0.1, 0.15) is 0 Å². The highest BCUT2D eigenvalue weighted by Gasteiger charge is 2.42. The zero-order chi connectivity index (χ0) is 15.8. The van der Waals surface area contributed by atoms with E-state index in [4.69, 9.17) is 4.74 Å². The molecule has 1 aromatic carbocycles. The van der Waals surface area contributed by atoms with Gasteiger partial charge in [0.25, 0.3) is 0 Å². The largest absolute Gasteiger partial charge is 0.465 e. The Bertz CT molecular complexity index is 562. The molecule has 0 saturated carbocycles. The average Bonchev–Trinajstić information content (AvgIpc) is 2.44. The molecule has 1 atom stereocenters. The van der Waals surface area contributed by atoms with Crippen molar-refractivity contribution < 1.29 is 9.53 Å². The van der Waals surface area contributed by atoms with Crippen molar-refractivity contribution in [2.45, 2.75) is 41.0 Å². The molecule has 0 spiro atoms. The third-order valence-corrected chi connectivity index (χ3v) is 5.40. The summed E-state index contributed by atoms with van der Waals surface area (Å²) in [4.78, 5) is 11.5. The lowest BCUT2D eigenvalue weighted by molar-refractivity contribution is 0.0600. The van der Waals surface area contributed by atoms with Crippen LogP contribution in [-0.4, -0.2) is 13.1 Å². The highest BCUT2D eigenvalue weighted by molar-refractivity contribution is 5.89. The van der Waals surface area contributed by atoms with Crippen LogP contribution in [0.5, 0.6) is 0 Å². The Morgan fingerprint density at radius 1 is 1.14 bits per heavy atom. The van der Waals surface area contributed by atoms with Gasteiger partial charge in [-0.1, -0.05) is 52.8 Å². The van der Waals surface area contributed by atoms with Crippen LogP contribution in [0.3, 0.4) is 0 Å². The Morgan fingerprint density at radius 3 is 2.24 bits per heavy atom. The predicted molar refractivity (Wildman–Crippen MR) is 87.1 cm³/mol. The number of allylic oxidation sites excluding steroid dienone is 2. The van der Waals surface area contributed by atoms with Crippen LogP contribution >= 0.6 is 0 Å². The van der Waals surface area contributed by atoms with Crippen LogP contribution in [0.2, 0.25) is 0 Å². The molecule has 1 aromatic rings. The van der Waals surface area contributed by atoms with Gasteiger partial charge in [0.05, 0.1) is 12.7 Å². The van der Waals surface area contributed by atoms with E-state index >= 15 is 0 Å². The summed E-state index contributed by atoms with van der Waals surface area (Å²) < 4.78 is 4.75. The van der Waals surface area contributed by atoms with Crippen molar-refractivity contribution in [2.24, 2.45) is 16.7 Å². The normalized spacial score (nSPS) is 23.3. The van der Waals surface area contributed by atoms with E-state index in [1.165, 1.54) is 18.2 Å². The Balaban J connectivity index is 2.38. The summed E-state index contributed by atoms with van der Waals surface area (Å²) in [5.41, 5.74) is 3.62. The summed E-state index contributed by atoms with van der Waals surface area (Å²) in [6.07, 6.45) is 3.46. The Labute approximate surface area is 128 Å². The highest BCUT2D eigenvalue weighted by atomic mass is 16.5. The van der Waals surface area contributed by atoms with Gasteiger partial charge in [0, 0.05) is 0 Å². The fraction of sp³-hybridized carbons (Fsp3) is 0.526. The molecule has 0 amide bonds. The van der Waals surface area contributed by atoms with E-state index < -0.39 is 0 Å². The number of esters is 1. The van der Waals surface area contributed by atoms with Crippen molar-refractivity contribution in [3.63, 3.8) is 0 Å². The summed E-state index contributed by atoms with van der Waals surface area (Å²) in [6, 6.07) is 7.76. The molecule has 0 N–H and O–H groups in total. The first-order valence-corrected chi connectivity index (χ1v) is 7.59. The van der Waals surface area contributed by atoms with Crippen molar-refractivity contribution in [2.75, 3.05) is 7.11 Å². The van der Waals surface area contributed by atoms with E-state index in [9.17, 15) is 4.79 Å². The van der Waals surface area contributed by atoms with Gasteiger partial charge in [0.15, 0.2) is 0 Å². The molecule has 2 rings (SSSR count). The molecule has 0 heterocycles. The van der Waals surface area contributed by atoms with Crippen LogP contribution in [0.1, 0.15) is 57.0 Å². The Kier molecular flexibility index (Phi) is 4.01. The molecule has 1 unspecified atom stereocenters. The monoisotopic (exact) mass is 286 g/mol. The second-order valence-electron chi connectivity index (χ2n) is 7.32. The minimum absolute atomic E-state index is 0.120. The molecule has 114 valence electrons. The first-order chi connectivity index (χ1) is 9.70. The molecule has 0 saturated heterocycles. The zero-order valence-electron chi connectivity index (χ0n) is 14.0. The topological polar surface area (TPSA) is 26.3 Å². The van der Waals surface area contributed by atoms with Crippen molar-refractivity contribution >= 4 is 11.5 Å². The van der Waals surface area contributed by atoms with E-state index in [0.717, 1.165) is 6.42 Å². The number of rotatable bonds is 2. The molecule has 0 aromatic heterocycles. The fourth-order valence-corrected chi connectivity index (χ4v) is 3.41. The molecule has 1 aliphatic rings. The molecule has 1 aliphatic carbocycles. The second kappa shape index (κ2) is 5.32. The molecule has 0 radical (unpaired) electrons. The standard InChI is InChI=1S/C19H26O2/c1-13-18(2,3)12-11-16(19(13,4)5)14-7-9-15(10-8-14)17(20)21-6/h7-11,13H,12H2,1-6H3. The quantitative estimate of drug-likeness (QED) is 0.719. The third-order valence-electron chi connectivity index (χ3n) is 5.40. The third kappa shape index (κ3) is 2.76. The number of hydrogen-bond donors (Lipinski definition) is 0. The Morgan fingerprint density at radius 2 is 1.71 bits per heavy atom. The van der Waals surface area contributed by atoms with Gasteiger partial charge in [-0.3, -0.25) is 0 Å². The van der Waals surface area contributed by atoms with Gasteiger partial charge < -0.3 is 4.74 Å². The maximum atomic E-state index is 11.5. The minimum Gasteiger partial charge on any atom is -0.465 e. The summed E-state index contributed by atoms with van der Waals surface area (Å²) >= 11 is 0. The van der Waals surface area contributed by atoms with E-state index in [1.807, 2.05) is 24.3 Å². The van der Waals surface area contributed by atoms with Crippen LogP contribution < -0.4 is 0 Å². The van der Waals surface area contributed by atoms with Crippen LogP contribution in [0.25, 0.3) is 5.57 Å². The first-order valence-electron chi connectivity index (χ1n) is 7.59. The van der Waals surface area contributed by atoms with Gasteiger partial charge >= 0.3 is 5.97 Å². The minimum atomic E-state index is -0.284. The van der Waals surface area contributed by atoms with E-state index in [2.05, 4.69) is 40.7 Å². The maximum absolute atomic E-state index is 11.5. The smallest absolute Gasteiger partial charge is 0.337 e. The molecule has 0 fully saturated rings. The SMILES string of the molecule is COC(=O)c1ccc(C2=CCC(C)(C)C(C)C2(C)C)cc1. The van der Waals surface area contributed by atoms with Gasteiger partial charge in [-0.2, -0.15) is 0 Å². The number of benzene rings is 1. The molecule has 0 aliphatic heterocycles. The number of carbonyl (C=O) groups is 1. The zero-order valence-corrected chi connectivity index (χ0v) is 14.0.